The van der Waals surface area contributed by atoms with Gasteiger partial charge in [0.2, 0.25) is 5.78 Å². The molecule has 2 rings (SSSR count). The van der Waals surface area contributed by atoms with Gasteiger partial charge in [-0.15, -0.1) is 11.3 Å². The van der Waals surface area contributed by atoms with Gasteiger partial charge in [0.05, 0.1) is 10.4 Å². The van der Waals surface area contributed by atoms with Gasteiger partial charge in [0.1, 0.15) is 16.0 Å². The molecule has 0 saturated heterocycles. The van der Waals surface area contributed by atoms with E-state index in [-0.39, 0.29) is 5.56 Å². The van der Waals surface area contributed by atoms with Gasteiger partial charge >= 0.3 is 0 Å². The molecule has 1 aromatic carbocycles. The van der Waals surface area contributed by atoms with Crippen molar-refractivity contribution in [3.63, 3.8) is 0 Å². The number of rotatable bonds is 2. The van der Waals surface area contributed by atoms with Crippen LogP contribution in [0.3, 0.4) is 0 Å². The molecule has 0 aliphatic heterocycles. The third kappa shape index (κ3) is 2.56. The van der Waals surface area contributed by atoms with Crippen molar-refractivity contribution < 1.29 is 13.6 Å². The van der Waals surface area contributed by atoms with Gasteiger partial charge in [-0.1, -0.05) is 11.6 Å². The highest BCUT2D eigenvalue weighted by atomic mass is 79.9. The second-order valence-corrected chi connectivity index (χ2v) is 5.69. The molecule has 0 radical (unpaired) electrons. The molecule has 0 saturated carbocycles. The Morgan fingerprint density at radius 1 is 1.29 bits per heavy atom. The second kappa shape index (κ2) is 4.84. The molecule has 17 heavy (non-hydrogen) atoms. The summed E-state index contributed by atoms with van der Waals surface area (Å²) in [6.45, 7) is 0. The standard InChI is InChI=1S/C11H4BrClF2OS/c12-7-4-9(17-11(7)13)10(16)6-2-1-5(14)3-8(6)15/h1-4H. The number of hydrogen-bond acceptors (Lipinski definition) is 2. The van der Waals surface area contributed by atoms with E-state index in [2.05, 4.69) is 15.9 Å². The highest BCUT2D eigenvalue weighted by Gasteiger charge is 2.18. The Bertz CT molecular complexity index is 578. The van der Waals surface area contributed by atoms with Gasteiger partial charge in [-0.05, 0) is 34.1 Å². The smallest absolute Gasteiger partial charge is 0.205 e. The van der Waals surface area contributed by atoms with Gasteiger partial charge in [0, 0.05) is 10.5 Å². The van der Waals surface area contributed by atoms with Crippen LogP contribution in [-0.4, -0.2) is 5.78 Å². The minimum atomic E-state index is -0.879. The van der Waals surface area contributed by atoms with Crippen LogP contribution in [0.1, 0.15) is 15.2 Å². The maximum absolute atomic E-state index is 13.4. The zero-order valence-corrected chi connectivity index (χ0v) is 11.3. The lowest BCUT2D eigenvalue weighted by atomic mass is 10.1. The van der Waals surface area contributed by atoms with E-state index in [1.54, 1.807) is 0 Å². The predicted octanol–water partition coefficient (Wildman–Crippen LogP) is 4.67. The Morgan fingerprint density at radius 3 is 2.53 bits per heavy atom. The molecule has 0 amide bonds. The average molecular weight is 338 g/mol. The second-order valence-electron chi connectivity index (χ2n) is 3.19. The lowest BCUT2D eigenvalue weighted by Gasteiger charge is -1.99. The molecule has 1 aromatic heterocycles. The molecule has 0 fully saturated rings. The van der Waals surface area contributed by atoms with E-state index in [0.29, 0.717) is 19.8 Å². The first kappa shape index (κ1) is 12.7. The first-order valence-electron chi connectivity index (χ1n) is 4.43. The molecule has 0 bridgehead atoms. The van der Waals surface area contributed by atoms with Gasteiger partial charge in [0.15, 0.2) is 0 Å². The predicted molar refractivity (Wildman–Crippen MR) is 66.8 cm³/mol. The number of thiophene rings is 1. The van der Waals surface area contributed by atoms with Crippen molar-refractivity contribution in [1.29, 1.82) is 0 Å². The largest absolute Gasteiger partial charge is 0.288 e. The van der Waals surface area contributed by atoms with Gasteiger partial charge in [-0.3, -0.25) is 4.79 Å². The summed E-state index contributed by atoms with van der Waals surface area (Å²) in [5, 5.41) is 0. The van der Waals surface area contributed by atoms with Crippen LogP contribution in [0.2, 0.25) is 4.34 Å². The number of hydrogen-bond donors (Lipinski definition) is 0. The molecule has 0 N–H and O–H groups in total. The monoisotopic (exact) mass is 336 g/mol. The fourth-order valence-electron chi connectivity index (χ4n) is 1.26. The van der Waals surface area contributed by atoms with E-state index >= 15 is 0 Å². The normalized spacial score (nSPS) is 10.6. The number of halogens is 4. The van der Waals surface area contributed by atoms with E-state index in [1.165, 1.54) is 6.07 Å². The fourth-order valence-corrected chi connectivity index (χ4v) is 2.92. The summed E-state index contributed by atoms with van der Waals surface area (Å²) in [5.74, 6) is -2.11. The number of carbonyl (C=O) groups excluding carboxylic acids is 1. The fraction of sp³-hybridized carbons (Fsp3) is 0. The van der Waals surface area contributed by atoms with Crippen LogP contribution >= 0.6 is 38.9 Å². The summed E-state index contributed by atoms with van der Waals surface area (Å²) in [4.78, 5) is 12.2. The molecule has 1 heterocycles. The Morgan fingerprint density at radius 2 is 2.00 bits per heavy atom. The average Bonchev–Trinajstić information content (AvgIpc) is 2.58. The van der Waals surface area contributed by atoms with Crippen molar-refractivity contribution in [2.24, 2.45) is 0 Å². The Kier molecular flexibility index (Phi) is 3.61. The first-order chi connectivity index (χ1) is 7.99. The molecule has 0 unspecified atom stereocenters. The first-order valence-corrected chi connectivity index (χ1v) is 6.42. The lowest BCUT2D eigenvalue weighted by Crippen LogP contribution is -2.02. The van der Waals surface area contributed by atoms with E-state index in [9.17, 15) is 13.6 Å². The molecule has 0 atom stereocenters. The third-order valence-electron chi connectivity index (χ3n) is 2.04. The van der Waals surface area contributed by atoms with E-state index < -0.39 is 17.4 Å². The van der Waals surface area contributed by atoms with Gasteiger partial charge in [-0.25, -0.2) is 8.78 Å². The van der Waals surface area contributed by atoms with Crippen LogP contribution in [0.15, 0.2) is 28.7 Å². The number of benzene rings is 1. The molecule has 0 aliphatic rings. The summed E-state index contributed by atoms with van der Waals surface area (Å²) in [6.07, 6.45) is 0. The topological polar surface area (TPSA) is 17.1 Å². The maximum atomic E-state index is 13.4. The minimum absolute atomic E-state index is 0.170. The Labute approximate surface area is 113 Å². The van der Waals surface area contributed by atoms with Crippen LogP contribution in [0.5, 0.6) is 0 Å². The quantitative estimate of drug-likeness (QED) is 0.728. The lowest BCUT2D eigenvalue weighted by molar-refractivity contribution is 0.103. The van der Waals surface area contributed by atoms with E-state index in [4.69, 9.17) is 11.6 Å². The number of carbonyl (C=O) groups is 1. The Hall–Kier alpha value is -0.780. The molecular formula is C11H4BrClF2OS. The van der Waals surface area contributed by atoms with Crippen molar-refractivity contribution in [1.82, 2.24) is 0 Å². The van der Waals surface area contributed by atoms with Crippen LogP contribution in [-0.2, 0) is 0 Å². The van der Waals surface area contributed by atoms with Crippen LogP contribution in [0, 0.1) is 11.6 Å². The summed E-state index contributed by atoms with van der Waals surface area (Å²) in [6, 6.07) is 4.35. The number of ketones is 1. The molecule has 1 nitrogen and oxygen atoms in total. The summed E-state index contributed by atoms with van der Waals surface area (Å²) in [5.41, 5.74) is -0.170. The van der Waals surface area contributed by atoms with Crippen molar-refractivity contribution in [3.8, 4) is 0 Å². The van der Waals surface area contributed by atoms with E-state index in [0.717, 1.165) is 23.5 Å². The van der Waals surface area contributed by atoms with Crippen LogP contribution in [0.25, 0.3) is 0 Å². The van der Waals surface area contributed by atoms with Crippen molar-refractivity contribution in [2.75, 3.05) is 0 Å². The maximum Gasteiger partial charge on any atom is 0.205 e. The SMILES string of the molecule is O=C(c1cc(Br)c(Cl)s1)c1ccc(F)cc1F. The highest BCUT2D eigenvalue weighted by Crippen LogP contribution is 2.33. The van der Waals surface area contributed by atoms with Crippen molar-refractivity contribution in [3.05, 3.63) is 55.1 Å². The molecule has 0 spiro atoms. The third-order valence-corrected chi connectivity index (χ3v) is 4.52. The summed E-state index contributed by atoms with van der Waals surface area (Å²) in [7, 11) is 0. The highest BCUT2D eigenvalue weighted by molar-refractivity contribution is 9.10. The summed E-state index contributed by atoms with van der Waals surface area (Å²) < 4.78 is 27.1. The zero-order chi connectivity index (χ0) is 12.6. The van der Waals surface area contributed by atoms with Crippen LogP contribution < -0.4 is 0 Å². The van der Waals surface area contributed by atoms with E-state index in [1.807, 2.05) is 0 Å². The molecule has 2 aromatic rings. The molecule has 6 heteroatoms. The van der Waals surface area contributed by atoms with Crippen molar-refractivity contribution >= 4 is 44.7 Å². The molecule has 0 aliphatic carbocycles. The van der Waals surface area contributed by atoms with Gasteiger partial charge in [0.25, 0.3) is 0 Å². The Balaban J connectivity index is 2.43. The molecular weight excluding hydrogens is 334 g/mol. The van der Waals surface area contributed by atoms with Crippen LogP contribution in [0.4, 0.5) is 8.78 Å². The molecule has 88 valence electrons. The zero-order valence-electron chi connectivity index (χ0n) is 8.14. The van der Waals surface area contributed by atoms with Gasteiger partial charge < -0.3 is 0 Å². The summed E-state index contributed by atoms with van der Waals surface area (Å²) >= 11 is 9.99. The van der Waals surface area contributed by atoms with Crippen molar-refractivity contribution in [2.45, 2.75) is 0 Å². The minimum Gasteiger partial charge on any atom is -0.288 e. The van der Waals surface area contributed by atoms with Gasteiger partial charge in [-0.2, -0.15) is 0 Å².